The van der Waals surface area contributed by atoms with Gasteiger partial charge in [0.15, 0.2) is 0 Å². The van der Waals surface area contributed by atoms with Crippen LogP contribution in [-0.4, -0.2) is 21.8 Å². The number of hydrogen-bond acceptors (Lipinski definition) is 2. The highest BCUT2D eigenvalue weighted by atomic mass is 35.5. The number of urea groups is 1. The molecule has 0 radical (unpaired) electrons. The fraction of sp³-hybridized carbons (Fsp3) is 0.158. The van der Waals surface area contributed by atoms with Crippen molar-refractivity contribution in [3.05, 3.63) is 70.1 Å². The van der Waals surface area contributed by atoms with Crippen LogP contribution in [0.2, 0.25) is 5.02 Å². The summed E-state index contributed by atoms with van der Waals surface area (Å²) in [5.74, 6) is -2.83. The van der Waals surface area contributed by atoms with Crippen LogP contribution in [0.3, 0.4) is 0 Å². The van der Waals surface area contributed by atoms with Crippen molar-refractivity contribution in [3.8, 4) is 0 Å². The first-order chi connectivity index (χ1) is 13.3. The molecular formula is C19H15ClF3N3O2. The molecule has 3 aromatic rings. The van der Waals surface area contributed by atoms with Crippen LogP contribution in [0.4, 0.5) is 18.0 Å². The Morgan fingerprint density at radius 1 is 1.11 bits per heavy atom. The molecule has 1 heterocycles. The Morgan fingerprint density at radius 3 is 2.43 bits per heavy atom. The van der Waals surface area contributed by atoms with Crippen LogP contribution in [0.25, 0.3) is 10.9 Å². The van der Waals surface area contributed by atoms with Crippen LogP contribution in [0.15, 0.2) is 36.5 Å². The highest BCUT2D eigenvalue weighted by Gasteiger charge is 2.20. The van der Waals surface area contributed by atoms with Gasteiger partial charge in [-0.15, -0.1) is 0 Å². The number of carbonyl (C=O) groups excluding carboxylic acids is 2. The van der Waals surface area contributed by atoms with Gasteiger partial charge >= 0.3 is 6.03 Å². The third-order valence-electron chi connectivity index (χ3n) is 4.27. The molecular weight excluding hydrogens is 395 g/mol. The monoisotopic (exact) mass is 409 g/mol. The molecule has 28 heavy (non-hydrogen) atoms. The van der Waals surface area contributed by atoms with Gasteiger partial charge in [-0.05, 0) is 41.8 Å². The number of benzene rings is 2. The second-order valence-electron chi connectivity index (χ2n) is 6.19. The summed E-state index contributed by atoms with van der Waals surface area (Å²) in [6, 6.07) is 4.45. The summed E-state index contributed by atoms with van der Waals surface area (Å²) >= 11 is 5.91. The average molecular weight is 410 g/mol. The van der Waals surface area contributed by atoms with Crippen LogP contribution in [0.5, 0.6) is 0 Å². The Balaban J connectivity index is 1.74. The molecule has 0 fully saturated rings. The zero-order chi connectivity index (χ0) is 20.4. The van der Waals surface area contributed by atoms with Gasteiger partial charge in [-0.3, -0.25) is 9.69 Å². The minimum atomic E-state index is -1.03. The molecule has 0 saturated carbocycles. The van der Waals surface area contributed by atoms with Gasteiger partial charge in [0.2, 0.25) is 5.91 Å². The molecule has 0 aliphatic carbocycles. The van der Waals surface area contributed by atoms with Gasteiger partial charge in [-0.1, -0.05) is 11.6 Å². The number of imide groups is 1. The number of nitrogens with one attached hydrogen (secondary N) is 1. The third kappa shape index (κ3) is 4.12. The molecule has 2 aromatic carbocycles. The maximum atomic E-state index is 13.5. The van der Waals surface area contributed by atoms with Crippen molar-refractivity contribution >= 4 is 34.4 Å². The Bertz CT molecular complexity index is 1050. The van der Waals surface area contributed by atoms with Crippen molar-refractivity contribution in [2.45, 2.75) is 19.4 Å². The Hall–Kier alpha value is -3.00. The zero-order valence-corrected chi connectivity index (χ0v) is 15.2. The fourth-order valence-electron chi connectivity index (χ4n) is 2.95. The number of aromatic nitrogens is 1. The average Bonchev–Trinajstić information content (AvgIpc) is 3.03. The van der Waals surface area contributed by atoms with Gasteiger partial charge in [0, 0.05) is 24.1 Å². The van der Waals surface area contributed by atoms with Gasteiger partial charge < -0.3 is 10.7 Å². The van der Waals surface area contributed by atoms with E-state index in [0.717, 1.165) is 17.0 Å². The van der Waals surface area contributed by atoms with Gasteiger partial charge in [0.25, 0.3) is 0 Å². The summed E-state index contributed by atoms with van der Waals surface area (Å²) in [5, 5.41) is 0.596. The zero-order valence-electron chi connectivity index (χ0n) is 14.4. The first kappa shape index (κ1) is 19.8. The van der Waals surface area contributed by atoms with E-state index in [2.05, 4.69) is 4.98 Å². The third-order valence-corrected chi connectivity index (χ3v) is 4.64. The predicted octanol–water partition coefficient (Wildman–Crippen LogP) is 4.28. The molecule has 0 aliphatic heterocycles. The summed E-state index contributed by atoms with van der Waals surface area (Å²) in [5.41, 5.74) is 6.46. The van der Waals surface area contributed by atoms with Gasteiger partial charge in [0.1, 0.15) is 22.5 Å². The standard InChI is InChI=1S/C19H15ClF3N3O2/c20-17-15(23)3-2-14-11(8-25-18(14)17)1-4-16(27)26(19(24)28)9-10-5-12(21)7-13(22)6-10/h2-3,5-8,25H,1,4,9H2,(H2,24,28). The first-order valence-electron chi connectivity index (χ1n) is 8.25. The fourth-order valence-corrected chi connectivity index (χ4v) is 3.17. The Morgan fingerprint density at radius 2 is 1.79 bits per heavy atom. The number of amides is 3. The summed E-state index contributed by atoms with van der Waals surface area (Å²) in [4.78, 5) is 27.7. The number of aryl methyl sites for hydroxylation is 1. The molecule has 0 saturated heterocycles. The number of halogens is 4. The minimum Gasteiger partial charge on any atom is -0.360 e. The molecule has 146 valence electrons. The lowest BCUT2D eigenvalue weighted by Gasteiger charge is -2.18. The van der Waals surface area contributed by atoms with E-state index in [-0.39, 0.29) is 30.0 Å². The SMILES string of the molecule is NC(=O)N(Cc1cc(F)cc(F)c1)C(=O)CCc1c[nH]c2c(Cl)c(F)ccc12. The minimum absolute atomic E-state index is 0.0537. The quantitative estimate of drug-likeness (QED) is 0.659. The predicted molar refractivity (Wildman–Crippen MR) is 98.1 cm³/mol. The number of hydrogen-bond donors (Lipinski definition) is 2. The molecule has 0 bridgehead atoms. The van der Waals surface area contributed by atoms with Crippen molar-refractivity contribution in [3.63, 3.8) is 0 Å². The summed E-state index contributed by atoms with van der Waals surface area (Å²) in [7, 11) is 0. The van der Waals surface area contributed by atoms with Crippen LogP contribution in [0, 0.1) is 17.5 Å². The van der Waals surface area contributed by atoms with E-state index in [1.807, 2.05) is 0 Å². The van der Waals surface area contributed by atoms with E-state index < -0.39 is 29.4 Å². The number of primary amides is 1. The molecule has 3 amide bonds. The number of fused-ring (bicyclic) bond motifs is 1. The Kier molecular flexibility index (Phi) is 5.60. The molecule has 3 N–H and O–H groups in total. The first-order valence-corrected chi connectivity index (χ1v) is 8.63. The van der Waals surface area contributed by atoms with Crippen molar-refractivity contribution in [2.24, 2.45) is 5.73 Å². The van der Waals surface area contributed by atoms with Gasteiger partial charge in [-0.2, -0.15) is 0 Å². The van der Waals surface area contributed by atoms with Crippen molar-refractivity contribution in [1.29, 1.82) is 0 Å². The van der Waals surface area contributed by atoms with Gasteiger partial charge in [-0.25, -0.2) is 18.0 Å². The molecule has 1 aromatic heterocycles. The number of nitrogens with two attached hydrogens (primary N) is 1. The summed E-state index contributed by atoms with van der Waals surface area (Å²) < 4.78 is 40.2. The molecule has 0 spiro atoms. The van der Waals surface area contributed by atoms with Crippen molar-refractivity contribution in [1.82, 2.24) is 9.88 Å². The van der Waals surface area contributed by atoms with Crippen LogP contribution in [-0.2, 0) is 17.8 Å². The van der Waals surface area contributed by atoms with Crippen LogP contribution in [0.1, 0.15) is 17.5 Å². The van der Waals surface area contributed by atoms with E-state index in [0.29, 0.717) is 22.5 Å². The summed E-state index contributed by atoms with van der Waals surface area (Å²) in [6.07, 6.45) is 1.73. The van der Waals surface area contributed by atoms with Crippen LogP contribution >= 0.6 is 11.6 Å². The lowest BCUT2D eigenvalue weighted by atomic mass is 10.1. The second-order valence-corrected chi connectivity index (χ2v) is 6.57. The van der Waals surface area contributed by atoms with Crippen LogP contribution < -0.4 is 5.73 Å². The number of carbonyl (C=O) groups is 2. The van der Waals surface area contributed by atoms with E-state index in [1.165, 1.54) is 12.1 Å². The summed E-state index contributed by atoms with van der Waals surface area (Å²) in [6.45, 7) is -0.353. The Labute approximate surface area is 162 Å². The normalized spacial score (nSPS) is 11.0. The van der Waals surface area contributed by atoms with Crippen molar-refractivity contribution < 1.29 is 22.8 Å². The lowest BCUT2D eigenvalue weighted by molar-refractivity contribution is -0.128. The molecule has 5 nitrogen and oxygen atoms in total. The number of H-pyrrole nitrogens is 1. The molecule has 0 atom stereocenters. The highest BCUT2D eigenvalue weighted by molar-refractivity contribution is 6.35. The topological polar surface area (TPSA) is 79.2 Å². The van der Waals surface area contributed by atoms with E-state index in [4.69, 9.17) is 17.3 Å². The maximum Gasteiger partial charge on any atom is 0.321 e. The van der Waals surface area contributed by atoms with Crippen molar-refractivity contribution in [2.75, 3.05) is 0 Å². The van der Waals surface area contributed by atoms with Gasteiger partial charge in [0.05, 0.1) is 12.1 Å². The van der Waals surface area contributed by atoms with E-state index in [9.17, 15) is 22.8 Å². The van der Waals surface area contributed by atoms with E-state index >= 15 is 0 Å². The highest BCUT2D eigenvalue weighted by Crippen LogP contribution is 2.28. The molecule has 3 rings (SSSR count). The smallest absolute Gasteiger partial charge is 0.321 e. The molecule has 0 aliphatic rings. The second kappa shape index (κ2) is 7.93. The molecule has 0 unspecified atom stereocenters. The number of nitrogens with zero attached hydrogens (tertiary/aromatic N) is 1. The number of rotatable bonds is 5. The lowest BCUT2D eigenvalue weighted by Crippen LogP contribution is -2.40. The maximum absolute atomic E-state index is 13.5. The molecule has 9 heteroatoms. The number of aromatic amines is 1. The van der Waals surface area contributed by atoms with E-state index in [1.54, 1.807) is 6.20 Å². The largest absolute Gasteiger partial charge is 0.360 e.